The first-order chi connectivity index (χ1) is 12.8. The van der Waals surface area contributed by atoms with E-state index in [0.29, 0.717) is 11.3 Å². The molecule has 3 aromatic rings. The predicted octanol–water partition coefficient (Wildman–Crippen LogP) is 3.07. The normalized spacial score (nSPS) is 15.3. The van der Waals surface area contributed by atoms with Crippen molar-refractivity contribution < 1.29 is 4.79 Å². The standard InChI is InChI=1S/C21H22N4O/c1-2-24-12-14-25(15-13-24)21(26)19-17-10-6-7-11-18(17)22-23-20(19)16-8-4-3-5-9-16/h3-11H,2,12-15H2,1H3. The van der Waals surface area contributed by atoms with Gasteiger partial charge in [0.05, 0.1) is 11.1 Å². The minimum absolute atomic E-state index is 0.0470. The summed E-state index contributed by atoms with van der Waals surface area (Å²) < 4.78 is 0. The summed E-state index contributed by atoms with van der Waals surface area (Å²) in [6.07, 6.45) is 0. The second kappa shape index (κ2) is 7.22. The number of likely N-dealkylation sites (N-methyl/N-ethyl adjacent to an activating group) is 1. The van der Waals surface area contributed by atoms with Gasteiger partial charge < -0.3 is 9.80 Å². The summed E-state index contributed by atoms with van der Waals surface area (Å²) in [7, 11) is 0. The predicted molar refractivity (Wildman–Crippen MR) is 103 cm³/mol. The van der Waals surface area contributed by atoms with Gasteiger partial charge in [0.25, 0.3) is 5.91 Å². The highest BCUT2D eigenvalue weighted by Crippen LogP contribution is 2.28. The van der Waals surface area contributed by atoms with Crippen molar-refractivity contribution in [1.29, 1.82) is 0 Å². The summed E-state index contributed by atoms with van der Waals surface area (Å²) in [5.74, 6) is 0.0470. The van der Waals surface area contributed by atoms with E-state index in [1.54, 1.807) is 0 Å². The molecule has 4 rings (SSSR count). The van der Waals surface area contributed by atoms with E-state index in [1.807, 2.05) is 59.5 Å². The van der Waals surface area contributed by atoms with Crippen LogP contribution >= 0.6 is 0 Å². The van der Waals surface area contributed by atoms with Gasteiger partial charge in [0, 0.05) is 37.1 Å². The van der Waals surface area contributed by atoms with Crippen LogP contribution in [0.15, 0.2) is 54.6 Å². The Hall–Kier alpha value is -2.79. The molecule has 1 saturated heterocycles. The van der Waals surface area contributed by atoms with Gasteiger partial charge in [-0.05, 0) is 12.6 Å². The molecule has 1 aliphatic rings. The summed E-state index contributed by atoms with van der Waals surface area (Å²) in [6.45, 7) is 6.51. The number of rotatable bonds is 3. The summed E-state index contributed by atoms with van der Waals surface area (Å²) in [6, 6.07) is 17.6. The number of amides is 1. The van der Waals surface area contributed by atoms with Crippen LogP contribution in [0.1, 0.15) is 17.3 Å². The molecule has 0 aliphatic carbocycles. The number of aromatic nitrogens is 2. The van der Waals surface area contributed by atoms with Crippen LogP contribution in [0.25, 0.3) is 22.2 Å². The molecule has 0 spiro atoms. The van der Waals surface area contributed by atoms with Crippen LogP contribution < -0.4 is 0 Å². The topological polar surface area (TPSA) is 49.3 Å². The molecular formula is C21H22N4O. The third kappa shape index (κ3) is 3.06. The molecular weight excluding hydrogens is 324 g/mol. The van der Waals surface area contributed by atoms with Gasteiger partial charge in [-0.25, -0.2) is 0 Å². The van der Waals surface area contributed by atoms with Gasteiger partial charge in [-0.3, -0.25) is 4.79 Å². The SMILES string of the molecule is CCN1CCN(C(=O)c2c(-c3ccccc3)nnc3ccccc23)CC1. The van der Waals surface area contributed by atoms with Crippen molar-refractivity contribution in [2.75, 3.05) is 32.7 Å². The monoisotopic (exact) mass is 346 g/mol. The Kier molecular flexibility index (Phi) is 4.63. The minimum atomic E-state index is 0.0470. The van der Waals surface area contributed by atoms with Crippen molar-refractivity contribution >= 4 is 16.8 Å². The van der Waals surface area contributed by atoms with Gasteiger partial charge in [-0.1, -0.05) is 55.5 Å². The van der Waals surface area contributed by atoms with Gasteiger partial charge >= 0.3 is 0 Å². The Balaban J connectivity index is 1.80. The number of hydrogen-bond donors (Lipinski definition) is 0. The molecule has 26 heavy (non-hydrogen) atoms. The fourth-order valence-corrected chi connectivity index (χ4v) is 3.49. The third-order valence-corrected chi connectivity index (χ3v) is 5.04. The molecule has 5 nitrogen and oxygen atoms in total. The number of benzene rings is 2. The van der Waals surface area contributed by atoms with Crippen LogP contribution in [0.3, 0.4) is 0 Å². The van der Waals surface area contributed by atoms with E-state index in [2.05, 4.69) is 22.0 Å². The fraction of sp³-hybridized carbons (Fsp3) is 0.286. The second-order valence-corrected chi connectivity index (χ2v) is 6.53. The molecule has 1 aliphatic heterocycles. The molecule has 0 atom stereocenters. The molecule has 5 heteroatoms. The first-order valence-corrected chi connectivity index (χ1v) is 9.10. The number of fused-ring (bicyclic) bond motifs is 1. The maximum atomic E-state index is 13.4. The molecule has 0 bridgehead atoms. The summed E-state index contributed by atoms with van der Waals surface area (Å²) in [5.41, 5.74) is 2.99. The maximum Gasteiger partial charge on any atom is 0.256 e. The van der Waals surface area contributed by atoms with Crippen molar-refractivity contribution in [3.8, 4) is 11.3 Å². The lowest BCUT2D eigenvalue weighted by atomic mass is 10.0. The van der Waals surface area contributed by atoms with Crippen LogP contribution in [0.2, 0.25) is 0 Å². The van der Waals surface area contributed by atoms with Crippen molar-refractivity contribution in [2.45, 2.75) is 6.92 Å². The quantitative estimate of drug-likeness (QED) is 0.731. The molecule has 1 aromatic heterocycles. The lowest BCUT2D eigenvalue weighted by Crippen LogP contribution is -2.48. The summed E-state index contributed by atoms with van der Waals surface area (Å²) in [5, 5.41) is 9.62. The van der Waals surface area contributed by atoms with E-state index in [9.17, 15) is 4.79 Å². The lowest BCUT2D eigenvalue weighted by molar-refractivity contribution is 0.0645. The van der Waals surface area contributed by atoms with Gasteiger partial charge in [0.15, 0.2) is 0 Å². The Morgan fingerprint density at radius 2 is 1.62 bits per heavy atom. The van der Waals surface area contributed by atoms with Gasteiger partial charge in [0.2, 0.25) is 0 Å². The number of nitrogens with zero attached hydrogens (tertiary/aromatic N) is 4. The molecule has 1 amide bonds. The van der Waals surface area contributed by atoms with Crippen LogP contribution in [0, 0.1) is 0 Å². The molecule has 2 aromatic carbocycles. The average molecular weight is 346 g/mol. The summed E-state index contributed by atoms with van der Waals surface area (Å²) in [4.78, 5) is 17.8. The van der Waals surface area contributed by atoms with E-state index in [0.717, 1.165) is 49.2 Å². The van der Waals surface area contributed by atoms with E-state index >= 15 is 0 Å². The van der Waals surface area contributed by atoms with Gasteiger partial charge in [-0.15, -0.1) is 10.2 Å². The number of hydrogen-bond acceptors (Lipinski definition) is 4. The Labute approximate surface area is 153 Å². The van der Waals surface area contributed by atoms with Crippen LogP contribution in [-0.4, -0.2) is 58.6 Å². The molecule has 1 fully saturated rings. The average Bonchev–Trinajstić information content (AvgIpc) is 2.73. The second-order valence-electron chi connectivity index (χ2n) is 6.53. The maximum absolute atomic E-state index is 13.4. The van der Waals surface area contributed by atoms with Crippen molar-refractivity contribution in [3.05, 3.63) is 60.2 Å². The smallest absolute Gasteiger partial charge is 0.256 e. The number of carbonyl (C=O) groups excluding carboxylic acids is 1. The fourth-order valence-electron chi connectivity index (χ4n) is 3.49. The van der Waals surface area contributed by atoms with Crippen LogP contribution in [-0.2, 0) is 0 Å². The van der Waals surface area contributed by atoms with E-state index < -0.39 is 0 Å². The zero-order chi connectivity index (χ0) is 17.9. The molecule has 132 valence electrons. The Bertz CT molecular complexity index is 918. The minimum Gasteiger partial charge on any atom is -0.336 e. The first kappa shape index (κ1) is 16.7. The number of carbonyl (C=O) groups is 1. The molecule has 0 saturated carbocycles. The van der Waals surface area contributed by atoms with E-state index in [1.165, 1.54) is 0 Å². The highest BCUT2D eigenvalue weighted by atomic mass is 16.2. The first-order valence-electron chi connectivity index (χ1n) is 9.10. The third-order valence-electron chi connectivity index (χ3n) is 5.04. The molecule has 0 N–H and O–H groups in total. The Morgan fingerprint density at radius 3 is 2.35 bits per heavy atom. The van der Waals surface area contributed by atoms with E-state index in [-0.39, 0.29) is 5.91 Å². The van der Waals surface area contributed by atoms with Crippen molar-refractivity contribution in [3.63, 3.8) is 0 Å². The van der Waals surface area contributed by atoms with Crippen molar-refractivity contribution in [2.24, 2.45) is 0 Å². The molecule has 2 heterocycles. The van der Waals surface area contributed by atoms with Crippen LogP contribution in [0.5, 0.6) is 0 Å². The zero-order valence-electron chi connectivity index (χ0n) is 14.9. The highest BCUT2D eigenvalue weighted by molar-refractivity contribution is 6.10. The Morgan fingerprint density at radius 1 is 0.923 bits per heavy atom. The largest absolute Gasteiger partial charge is 0.336 e. The van der Waals surface area contributed by atoms with Crippen LogP contribution in [0.4, 0.5) is 0 Å². The van der Waals surface area contributed by atoms with Gasteiger partial charge in [0.1, 0.15) is 5.69 Å². The molecule has 0 radical (unpaired) electrons. The summed E-state index contributed by atoms with van der Waals surface area (Å²) >= 11 is 0. The lowest BCUT2D eigenvalue weighted by Gasteiger charge is -2.34. The van der Waals surface area contributed by atoms with Crippen molar-refractivity contribution in [1.82, 2.24) is 20.0 Å². The van der Waals surface area contributed by atoms with Gasteiger partial charge in [-0.2, -0.15) is 0 Å². The number of piperazine rings is 1. The molecule has 0 unspecified atom stereocenters. The zero-order valence-corrected chi connectivity index (χ0v) is 14.9. The van der Waals surface area contributed by atoms with E-state index in [4.69, 9.17) is 0 Å². The highest BCUT2D eigenvalue weighted by Gasteiger charge is 2.26.